The number of benzene rings is 2. The van der Waals surface area contributed by atoms with E-state index < -0.39 is 14.9 Å². The zero-order chi connectivity index (χ0) is 21.3. The molecule has 0 aliphatic carbocycles. The Balaban J connectivity index is 1.52. The van der Waals surface area contributed by atoms with Crippen LogP contribution in [0, 0.1) is 10.1 Å². The van der Waals surface area contributed by atoms with Gasteiger partial charge in [0.1, 0.15) is 5.82 Å². The topological polar surface area (TPSA) is 119 Å². The molecule has 0 spiro atoms. The van der Waals surface area contributed by atoms with Gasteiger partial charge in [-0.05, 0) is 24.3 Å². The monoisotopic (exact) mass is 429 g/mol. The van der Waals surface area contributed by atoms with E-state index in [1.54, 1.807) is 6.20 Å². The van der Waals surface area contributed by atoms with Gasteiger partial charge in [-0.15, -0.1) is 0 Å². The third kappa shape index (κ3) is 3.64. The fourth-order valence-electron chi connectivity index (χ4n) is 3.38. The van der Waals surface area contributed by atoms with E-state index in [0.29, 0.717) is 18.9 Å². The minimum absolute atomic E-state index is 0.0126. The minimum Gasteiger partial charge on any atom is -0.490 e. The Morgan fingerprint density at radius 3 is 2.43 bits per heavy atom. The molecule has 1 saturated heterocycles. The molecule has 1 aromatic heterocycles. The normalized spacial score (nSPS) is 15.3. The number of piperazine rings is 1. The van der Waals surface area contributed by atoms with E-state index in [1.165, 1.54) is 23.5 Å². The molecule has 1 aliphatic heterocycles. The van der Waals surface area contributed by atoms with Crippen molar-refractivity contribution < 1.29 is 18.1 Å². The van der Waals surface area contributed by atoms with Gasteiger partial charge in [0, 0.05) is 32.2 Å². The molecular formula is C19H19N5O5S. The number of sulfonamides is 1. The predicted octanol–water partition coefficient (Wildman–Crippen LogP) is 2.06. The molecule has 3 aromatic rings. The molecule has 0 saturated carbocycles. The van der Waals surface area contributed by atoms with Gasteiger partial charge in [0.2, 0.25) is 10.0 Å². The Labute approximate surface area is 172 Å². The van der Waals surface area contributed by atoms with Gasteiger partial charge >= 0.3 is 5.69 Å². The lowest BCUT2D eigenvalue weighted by Crippen LogP contribution is -2.49. The predicted molar refractivity (Wildman–Crippen MR) is 110 cm³/mol. The first-order valence-corrected chi connectivity index (χ1v) is 10.6. The molecule has 0 unspecified atom stereocenters. The maximum absolute atomic E-state index is 13.0. The first-order chi connectivity index (χ1) is 14.4. The van der Waals surface area contributed by atoms with Gasteiger partial charge in [-0.1, -0.05) is 12.1 Å². The van der Waals surface area contributed by atoms with E-state index in [1.807, 2.05) is 29.2 Å². The van der Waals surface area contributed by atoms with Gasteiger partial charge in [-0.25, -0.2) is 13.4 Å². The standard InChI is InChI=1S/C19H19N5O5S/c1-29-18-7-6-14(12-17(18)24(25)26)30(27,28)23-10-8-22(9-11-23)19-13-20-15-4-2-3-5-16(15)21-19/h2-7,12-13H,8-11H2,1H3. The lowest BCUT2D eigenvalue weighted by atomic mass is 10.3. The molecule has 2 heterocycles. The highest BCUT2D eigenvalue weighted by Crippen LogP contribution is 2.31. The van der Waals surface area contributed by atoms with Crippen LogP contribution in [0.1, 0.15) is 0 Å². The summed E-state index contributed by atoms with van der Waals surface area (Å²) in [4.78, 5) is 21.4. The SMILES string of the molecule is COc1ccc(S(=O)(=O)N2CCN(c3cnc4ccccc4n3)CC2)cc1[N+](=O)[O-]. The number of nitro groups is 1. The lowest BCUT2D eigenvalue weighted by molar-refractivity contribution is -0.386. The Hall–Kier alpha value is -3.31. The van der Waals surface area contributed by atoms with Gasteiger partial charge in [-0.2, -0.15) is 4.31 Å². The molecule has 0 N–H and O–H groups in total. The van der Waals surface area contributed by atoms with Gasteiger partial charge in [0.25, 0.3) is 0 Å². The van der Waals surface area contributed by atoms with E-state index >= 15 is 0 Å². The number of nitro benzene ring substituents is 1. The van der Waals surface area contributed by atoms with Crippen LogP contribution >= 0.6 is 0 Å². The Kier molecular flexibility index (Phi) is 5.22. The number of rotatable bonds is 5. The maximum Gasteiger partial charge on any atom is 0.312 e. The first kappa shape index (κ1) is 20.0. The number of aromatic nitrogens is 2. The number of anilines is 1. The summed E-state index contributed by atoms with van der Waals surface area (Å²) in [5.41, 5.74) is 1.18. The summed E-state index contributed by atoms with van der Waals surface area (Å²) in [6.45, 7) is 1.34. The summed E-state index contributed by atoms with van der Waals surface area (Å²) in [6, 6.07) is 11.2. The van der Waals surface area contributed by atoms with Crippen LogP contribution in [-0.4, -0.2) is 60.9 Å². The third-order valence-electron chi connectivity index (χ3n) is 4.98. The lowest BCUT2D eigenvalue weighted by Gasteiger charge is -2.34. The number of fused-ring (bicyclic) bond motifs is 1. The molecule has 10 nitrogen and oxygen atoms in total. The van der Waals surface area contributed by atoms with E-state index in [0.717, 1.165) is 17.1 Å². The van der Waals surface area contributed by atoms with E-state index in [2.05, 4.69) is 9.97 Å². The fraction of sp³-hybridized carbons (Fsp3) is 0.263. The number of methoxy groups -OCH3 is 1. The second-order valence-corrected chi connectivity index (χ2v) is 8.64. The highest BCUT2D eigenvalue weighted by Gasteiger charge is 2.31. The van der Waals surface area contributed by atoms with Crippen LogP contribution in [-0.2, 0) is 10.0 Å². The van der Waals surface area contributed by atoms with Crippen molar-refractivity contribution in [2.45, 2.75) is 4.90 Å². The molecule has 11 heteroatoms. The van der Waals surface area contributed by atoms with Crippen molar-refractivity contribution in [1.82, 2.24) is 14.3 Å². The second kappa shape index (κ2) is 7.84. The Bertz CT molecular complexity index is 1210. The Morgan fingerprint density at radius 1 is 1.07 bits per heavy atom. The summed E-state index contributed by atoms with van der Waals surface area (Å²) in [7, 11) is -2.58. The van der Waals surface area contributed by atoms with Crippen LogP contribution in [0.2, 0.25) is 0 Å². The summed E-state index contributed by atoms with van der Waals surface area (Å²) in [5, 5.41) is 11.2. The van der Waals surface area contributed by atoms with E-state index in [4.69, 9.17) is 4.74 Å². The number of ether oxygens (including phenoxy) is 1. The highest BCUT2D eigenvalue weighted by atomic mass is 32.2. The van der Waals surface area contributed by atoms with Crippen molar-refractivity contribution in [3.63, 3.8) is 0 Å². The molecule has 1 aliphatic rings. The summed E-state index contributed by atoms with van der Waals surface area (Å²) in [6.07, 6.45) is 1.68. The van der Waals surface area contributed by atoms with Crippen molar-refractivity contribution >= 4 is 32.6 Å². The molecule has 4 rings (SSSR count). The smallest absolute Gasteiger partial charge is 0.312 e. The van der Waals surface area contributed by atoms with Crippen LogP contribution in [0.15, 0.2) is 53.6 Å². The number of para-hydroxylation sites is 2. The summed E-state index contributed by atoms with van der Waals surface area (Å²) < 4.78 is 32.3. The quantitative estimate of drug-likeness (QED) is 0.447. The van der Waals surface area contributed by atoms with Crippen molar-refractivity contribution in [3.8, 4) is 5.75 Å². The minimum atomic E-state index is -3.87. The largest absolute Gasteiger partial charge is 0.490 e. The van der Waals surface area contributed by atoms with Crippen LogP contribution in [0.4, 0.5) is 11.5 Å². The fourth-order valence-corrected chi connectivity index (χ4v) is 4.82. The molecule has 30 heavy (non-hydrogen) atoms. The number of nitrogens with zero attached hydrogens (tertiary/aromatic N) is 5. The molecule has 156 valence electrons. The van der Waals surface area contributed by atoms with Crippen LogP contribution in [0.25, 0.3) is 11.0 Å². The van der Waals surface area contributed by atoms with Crippen molar-refractivity contribution in [2.24, 2.45) is 0 Å². The van der Waals surface area contributed by atoms with Gasteiger partial charge in [0.15, 0.2) is 5.75 Å². The van der Waals surface area contributed by atoms with Crippen LogP contribution < -0.4 is 9.64 Å². The van der Waals surface area contributed by atoms with E-state index in [-0.39, 0.29) is 29.4 Å². The molecule has 2 aromatic carbocycles. The van der Waals surface area contributed by atoms with Gasteiger partial charge in [-0.3, -0.25) is 15.1 Å². The molecule has 0 atom stereocenters. The molecule has 1 fully saturated rings. The van der Waals surface area contributed by atoms with Gasteiger partial charge in [0.05, 0.1) is 34.2 Å². The average Bonchev–Trinajstić information content (AvgIpc) is 2.78. The zero-order valence-corrected chi connectivity index (χ0v) is 16.9. The maximum atomic E-state index is 13.0. The molecule has 0 bridgehead atoms. The van der Waals surface area contributed by atoms with Gasteiger partial charge < -0.3 is 9.64 Å². The molecular weight excluding hydrogens is 410 g/mol. The first-order valence-electron chi connectivity index (χ1n) is 9.19. The van der Waals surface area contributed by atoms with Crippen molar-refractivity contribution in [2.75, 3.05) is 38.2 Å². The number of hydrogen-bond acceptors (Lipinski definition) is 8. The van der Waals surface area contributed by atoms with Crippen LogP contribution in [0.5, 0.6) is 5.75 Å². The third-order valence-corrected chi connectivity index (χ3v) is 6.88. The highest BCUT2D eigenvalue weighted by molar-refractivity contribution is 7.89. The number of hydrogen-bond donors (Lipinski definition) is 0. The Morgan fingerprint density at radius 2 is 1.77 bits per heavy atom. The molecule has 0 radical (unpaired) electrons. The van der Waals surface area contributed by atoms with Crippen molar-refractivity contribution in [3.05, 3.63) is 58.8 Å². The average molecular weight is 429 g/mol. The van der Waals surface area contributed by atoms with Crippen molar-refractivity contribution in [1.29, 1.82) is 0 Å². The zero-order valence-electron chi connectivity index (χ0n) is 16.1. The molecule has 0 amide bonds. The summed E-state index contributed by atoms with van der Waals surface area (Å²) >= 11 is 0. The van der Waals surface area contributed by atoms with Crippen LogP contribution in [0.3, 0.4) is 0 Å². The van der Waals surface area contributed by atoms with E-state index in [9.17, 15) is 18.5 Å². The summed E-state index contributed by atoms with van der Waals surface area (Å²) in [5.74, 6) is 0.699. The second-order valence-electron chi connectivity index (χ2n) is 6.70.